The first-order valence-electron chi connectivity index (χ1n) is 8.95. The maximum Gasteiger partial charge on any atom is 0.222 e. The van der Waals surface area contributed by atoms with E-state index in [1.165, 1.54) is 32.1 Å². The molecule has 0 bridgehead atoms. The first-order chi connectivity index (χ1) is 10.6. The average molecular weight is 310 g/mol. The number of aliphatic hydroxyl groups is 1. The van der Waals surface area contributed by atoms with Gasteiger partial charge in [0.25, 0.3) is 0 Å². The molecule has 2 saturated heterocycles. The fourth-order valence-electron chi connectivity index (χ4n) is 4.14. The van der Waals surface area contributed by atoms with Gasteiger partial charge in [0, 0.05) is 32.6 Å². The van der Waals surface area contributed by atoms with Crippen molar-refractivity contribution in [2.45, 2.75) is 50.5 Å². The molecular weight excluding hydrogens is 280 g/mol. The van der Waals surface area contributed by atoms with E-state index in [1.807, 2.05) is 4.90 Å². The van der Waals surface area contributed by atoms with Crippen LogP contribution in [0.2, 0.25) is 0 Å². The molecule has 0 aromatic rings. The Hall–Kier alpha value is -0.650. The maximum atomic E-state index is 12.5. The van der Waals surface area contributed by atoms with Crippen molar-refractivity contribution in [3.8, 4) is 0 Å². The molecule has 5 nitrogen and oxygen atoms in total. The molecule has 126 valence electrons. The Morgan fingerprint density at radius 1 is 1.14 bits per heavy atom. The third kappa shape index (κ3) is 4.21. The lowest BCUT2D eigenvalue weighted by atomic mass is 9.87. The first-order valence-corrected chi connectivity index (χ1v) is 8.95. The number of likely N-dealkylation sites (tertiary alicyclic amines) is 1. The van der Waals surface area contributed by atoms with Gasteiger partial charge in [0.2, 0.25) is 5.91 Å². The maximum absolute atomic E-state index is 12.5. The third-order valence-electron chi connectivity index (χ3n) is 5.49. The molecule has 0 radical (unpaired) electrons. The number of nitrogens with zero attached hydrogens (tertiary/aromatic N) is 2. The molecule has 3 fully saturated rings. The van der Waals surface area contributed by atoms with Crippen molar-refractivity contribution in [3.63, 3.8) is 0 Å². The molecule has 2 aliphatic heterocycles. The molecule has 1 atom stereocenters. The average Bonchev–Trinajstić information content (AvgIpc) is 2.91. The van der Waals surface area contributed by atoms with Crippen molar-refractivity contribution in [3.05, 3.63) is 0 Å². The number of β-amino-alcohol motifs (C(OH)–C–C–N with tert-alkyl or cyclic N) is 1. The van der Waals surface area contributed by atoms with Crippen molar-refractivity contribution in [2.75, 3.05) is 45.9 Å². The molecule has 3 rings (SSSR count). The van der Waals surface area contributed by atoms with Crippen LogP contribution in [-0.4, -0.2) is 72.4 Å². The molecule has 0 aromatic carbocycles. The van der Waals surface area contributed by atoms with Crippen LogP contribution in [0.4, 0.5) is 0 Å². The molecule has 0 unspecified atom stereocenters. The van der Waals surface area contributed by atoms with Crippen LogP contribution in [0.3, 0.4) is 0 Å². The van der Waals surface area contributed by atoms with E-state index in [2.05, 4.69) is 4.90 Å². The lowest BCUT2D eigenvalue weighted by Crippen LogP contribution is -2.49. The third-order valence-corrected chi connectivity index (χ3v) is 5.49. The predicted octanol–water partition coefficient (Wildman–Crippen LogP) is 1.25. The van der Waals surface area contributed by atoms with E-state index in [0.29, 0.717) is 38.4 Å². The van der Waals surface area contributed by atoms with E-state index in [0.717, 1.165) is 26.3 Å². The molecule has 0 aromatic heterocycles. The summed E-state index contributed by atoms with van der Waals surface area (Å²) >= 11 is 0. The number of amides is 1. The summed E-state index contributed by atoms with van der Waals surface area (Å²) in [5.74, 6) is 0.832. The van der Waals surface area contributed by atoms with Crippen LogP contribution in [0, 0.1) is 5.92 Å². The molecule has 1 N–H and O–H groups in total. The number of hydrogen-bond acceptors (Lipinski definition) is 4. The van der Waals surface area contributed by atoms with Gasteiger partial charge in [0.15, 0.2) is 0 Å². The fourth-order valence-corrected chi connectivity index (χ4v) is 4.14. The minimum atomic E-state index is -0.723. The first kappa shape index (κ1) is 16.2. The second-order valence-corrected chi connectivity index (χ2v) is 7.39. The van der Waals surface area contributed by atoms with E-state index in [4.69, 9.17) is 4.74 Å². The van der Waals surface area contributed by atoms with Crippen molar-refractivity contribution < 1.29 is 14.6 Å². The van der Waals surface area contributed by atoms with Crippen molar-refractivity contribution in [1.82, 2.24) is 9.80 Å². The number of ether oxygens (including phenoxy) is 1. The van der Waals surface area contributed by atoms with Gasteiger partial charge in [-0.2, -0.15) is 0 Å². The summed E-state index contributed by atoms with van der Waals surface area (Å²) in [7, 11) is 0. The van der Waals surface area contributed by atoms with Gasteiger partial charge < -0.3 is 14.7 Å². The highest BCUT2D eigenvalue weighted by Gasteiger charge is 2.39. The zero-order chi connectivity index (χ0) is 15.4. The minimum Gasteiger partial charge on any atom is -0.387 e. The SMILES string of the molecule is O=C(CC1CCCCC1)N1CC[C@](O)(CN2CCOCC2)C1. The summed E-state index contributed by atoms with van der Waals surface area (Å²) in [6, 6.07) is 0. The Bertz CT molecular complexity index is 378. The molecule has 2 heterocycles. The van der Waals surface area contributed by atoms with E-state index in [-0.39, 0.29) is 5.91 Å². The zero-order valence-electron chi connectivity index (χ0n) is 13.6. The van der Waals surface area contributed by atoms with Crippen molar-refractivity contribution in [2.24, 2.45) is 5.92 Å². The molecule has 22 heavy (non-hydrogen) atoms. The van der Waals surface area contributed by atoms with Crippen LogP contribution in [0.15, 0.2) is 0 Å². The summed E-state index contributed by atoms with van der Waals surface area (Å²) in [6.07, 6.45) is 7.69. The van der Waals surface area contributed by atoms with Crippen LogP contribution in [0.25, 0.3) is 0 Å². The summed E-state index contributed by atoms with van der Waals surface area (Å²) in [4.78, 5) is 16.6. The fraction of sp³-hybridized carbons (Fsp3) is 0.941. The normalized spacial score (nSPS) is 31.6. The monoisotopic (exact) mass is 310 g/mol. The quantitative estimate of drug-likeness (QED) is 0.849. The van der Waals surface area contributed by atoms with Crippen LogP contribution in [0.1, 0.15) is 44.9 Å². The van der Waals surface area contributed by atoms with E-state index in [1.54, 1.807) is 0 Å². The zero-order valence-corrected chi connectivity index (χ0v) is 13.6. The van der Waals surface area contributed by atoms with E-state index < -0.39 is 5.60 Å². The van der Waals surface area contributed by atoms with Crippen molar-refractivity contribution >= 4 is 5.91 Å². The van der Waals surface area contributed by atoms with Gasteiger partial charge in [0.1, 0.15) is 0 Å². The van der Waals surface area contributed by atoms with Crippen molar-refractivity contribution in [1.29, 1.82) is 0 Å². The van der Waals surface area contributed by atoms with Gasteiger partial charge in [-0.25, -0.2) is 0 Å². The molecule has 3 aliphatic rings. The largest absolute Gasteiger partial charge is 0.387 e. The molecule has 1 aliphatic carbocycles. The van der Waals surface area contributed by atoms with Gasteiger partial charge in [-0.05, 0) is 25.2 Å². The second kappa shape index (κ2) is 7.28. The van der Waals surface area contributed by atoms with Gasteiger partial charge in [0.05, 0.1) is 25.4 Å². The lowest BCUT2D eigenvalue weighted by Gasteiger charge is -2.33. The summed E-state index contributed by atoms with van der Waals surface area (Å²) < 4.78 is 5.35. The Balaban J connectivity index is 1.46. The Kier molecular flexibility index (Phi) is 5.37. The molecule has 1 amide bonds. The Morgan fingerprint density at radius 2 is 1.86 bits per heavy atom. The highest BCUT2D eigenvalue weighted by atomic mass is 16.5. The van der Waals surface area contributed by atoms with Gasteiger partial charge in [-0.3, -0.25) is 9.69 Å². The molecular formula is C17H30N2O3. The molecule has 1 saturated carbocycles. The summed E-state index contributed by atoms with van der Waals surface area (Å²) in [5.41, 5.74) is -0.723. The second-order valence-electron chi connectivity index (χ2n) is 7.39. The van der Waals surface area contributed by atoms with E-state index in [9.17, 15) is 9.90 Å². The Morgan fingerprint density at radius 3 is 2.59 bits per heavy atom. The number of carbonyl (C=O) groups is 1. The number of rotatable bonds is 4. The van der Waals surface area contributed by atoms with Gasteiger partial charge in [-0.1, -0.05) is 19.3 Å². The topological polar surface area (TPSA) is 53.0 Å². The van der Waals surface area contributed by atoms with Gasteiger partial charge >= 0.3 is 0 Å². The lowest BCUT2D eigenvalue weighted by molar-refractivity contribution is -0.132. The molecule has 5 heteroatoms. The van der Waals surface area contributed by atoms with Gasteiger partial charge in [-0.15, -0.1) is 0 Å². The highest BCUT2D eigenvalue weighted by molar-refractivity contribution is 5.77. The van der Waals surface area contributed by atoms with E-state index >= 15 is 0 Å². The number of hydrogen-bond donors (Lipinski definition) is 1. The molecule has 0 spiro atoms. The van der Waals surface area contributed by atoms with Crippen LogP contribution in [-0.2, 0) is 9.53 Å². The summed E-state index contributed by atoms with van der Waals surface area (Å²) in [5, 5.41) is 10.8. The van der Waals surface area contributed by atoms with Crippen LogP contribution in [0.5, 0.6) is 0 Å². The number of carbonyl (C=O) groups excluding carboxylic acids is 1. The smallest absolute Gasteiger partial charge is 0.222 e. The number of morpholine rings is 1. The Labute approximate surface area is 133 Å². The minimum absolute atomic E-state index is 0.254. The van der Waals surface area contributed by atoms with Crippen LogP contribution < -0.4 is 0 Å². The summed E-state index contributed by atoms with van der Waals surface area (Å²) in [6.45, 7) is 5.17. The standard InChI is InChI=1S/C17H30N2O3/c20-16(12-15-4-2-1-3-5-15)19-7-6-17(21,14-19)13-18-8-10-22-11-9-18/h15,21H,1-14H2/t17-/m0/s1. The predicted molar refractivity (Wildman–Crippen MR) is 84.6 cm³/mol. The highest BCUT2D eigenvalue weighted by Crippen LogP contribution is 2.29. The van der Waals surface area contributed by atoms with Crippen LogP contribution >= 0.6 is 0 Å².